The van der Waals surface area contributed by atoms with Crippen molar-refractivity contribution >= 4 is 17.3 Å². The highest BCUT2D eigenvalue weighted by molar-refractivity contribution is 6.31. The normalized spacial score (nSPS) is 17.7. The Morgan fingerprint density at radius 1 is 1.28 bits per heavy atom. The van der Waals surface area contributed by atoms with Crippen LogP contribution >= 0.6 is 11.6 Å². The Bertz CT molecular complexity index is 738. The average Bonchev–Trinajstić information content (AvgIpc) is 3.02. The summed E-state index contributed by atoms with van der Waals surface area (Å²) in [4.78, 5) is 2.43. The molecule has 1 aliphatic rings. The van der Waals surface area contributed by atoms with Crippen molar-refractivity contribution in [2.24, 2.45) is 0 Å². The number of benzene rings is 2. The summed E-state index contributed by atoms with van der Waals surface area (Å²) in [5, 5.41) is 3.65. The Hall–Kier alpha value is -1.78. The molecule has 1 aliphatic heterocycles. The van der Waals surface area contributed by atoms with Gasteiger partial charge < -0.3 is 15.0 Å². The van der Waals surface area contributed by atoms with Gasteiger partial charge in [-0.2, -0.15) is 0 Å². The highest BCUT2D eigenvalue weighted by Crippen LogP contribution is 2.34. The Kier molecular flexibility index (Phi) is 5.82. The molecule has 5 heteroatoms. The van der Waals surface area contributed by atoms with E-state index < -0.39 is 5.82 Å². The van der Waals surface area contributed by atoms with Crippen molar-refractivity contribution in [3.63, 3.8) is 0 Å². The summed E-state index contributed by atoms with van der Waals surface area (Å²) >= 11 is 5.96. The predicted octanol–water partition coefficient (Wildman–Crippen LogP) is 5.05. The Labute approximate surface area is 153 Å². The Morgan fingerprint density at radius 2 is 2.12 bits per heavy atom. The van der Waals surface area contributed by atoms with Crippen molar-refractivity contribution in [1.29, 1.82) is 0 Å². The molecular formula is C20H24ClFN2O. The van der Waals surface area contributed by atoms with E-state index in [0.717, 1.165) is 35.5 Å². The van der Waals surface area contributed by atoms with Crippen molar-refractivity contribution in [3.8, 4) is 16.9 Å². The van der Waals surface area contributed by atoms with Crippen molar-refractivity contribution in [2.45, 2.75) is 25.3 Å². The standard InChI is InChI=1S/C20H24ClFN2O/c1-24-11-3-4-15(24)9-10-23-20-8-6-16(25-2)13-17(20)14-5-7-19(22)18(21)12-14/h5-8,12-13,15,23H,3-4,9-11H2,1-2H3. The second kappa shape index (κ2) is 8.07. The van der Waals surface area contributed by atoms with Crippen LogP contribution in [0.5, 0.6) is 5.75 Å². The van der Waals surface area contributed by atoms with Gasteiger partial charge in [0.1, 0.15) is 11.6 Å². The SMILES string of the molecule is COc1ccc(NCCC2CCCN2C)c(-c2ccc(F)c(Cl)c2)c1. The zero-order chi connectivity index (χ0) is 17.8. The van der Waals surface area contributed by atoms with Gasteiger partial charge in [0.25, 0.3) is 0 Å². The van der Waals surface area contributed by atoms with Gasteiger partial charge >= 0.3 is 0 Å². The lowest BCUT2D eigenvalue weighted by atomic mass is 10.0. The van der Waals surface area contributed by atoms with Gasteiger partial charge in [-0.25, -0.2) is 4.39 Å². The first-order valence-corrected chi connectivity index (χ1v) is 9.04. The number of anilines is 1. The van der Waals surface area contributed by atoms with Crippen molar-refractivity contribution in [3.05, 3.63) is 47.2 Å². The van der Waals surface area contributed by atoms with Crippen LogP contribution in [0.3, 0.4) is 0 Å². The van der Waals surface area contributed by atoms with Crippen LogP contribution in [0.15, 0.2) is 36.4 Å². The van der Waals surface area contributed by atoms with E-state index in [2.05, 4.69) is 17.3 Å². The molecule has 1 unspecified atom stereocenters. The van der Waals surface area contributed by atoms with Gasteiger partial charge in [-0.05, 0) is 68.8 Å². The topological polar surface area (TPSA) is 24.5 Å². The van der Waals surface area contributed by atoms with E-state index in [-0.39, 0.29) is 5.02 Å². The van der Waals surface area contributed by atoms with Gasteiger partial charge in [0, 0.05) is 23.8 Å². The third kappa shape index (κ3) is 4.25. The quantitative estimate of drug-likeness (QED) is 0.778. The number of ether oxygens (including phenoxy) is 1. The minimum absolute atomic E-state index is 0.124. The first kappa shape index (κ1) is 18.0. The third-order valence-corrected chi connectivity index (χ3v) is 5.21. The van der Waals surface area contributed by atoms with Crippen molar-refractivity contribution in [2.75, 3.05) is 32.6 Å². The molecule has 0 bridgehead atoms. The van der Waals surface area contributed by atoms with Crippen molar-refractivity contribution < 1.29 is 9.13 Å². The summed E-state index contributed by atoms with van der Waals surface area (Å²) in [6.45, 7) is 2.08. The number of hydrogen-bond acceptors (Lipinski definition) is 3. The third-order valence-electron chi connectivity index (χ3n) is 4.92. The zero-order valence-electron chi connectivity index (χ0n) is 14.7. The Balaban J connectivity index is 1.79. The molecule has 25 heavy (non-hydrogen) atoms. The van der Waals surface area contributed by atoms with E-state index in [9.17, 15) is 4.39 Å². The molecule has 0 radical (unpaired) electrons. The molecule has 0 saturated carbocycles. The summed E-state index contributed by atoms with van der Waals surface area (Å²) in [5.41, 5.74) is 2.83. The van der Waals surface area contributed by atoms with Crippen LogP contribution in [0.1, 0.15) is 19.3 Å². The van der Waals surface area contributed by atoms with Crippen LogP contribution in [0.2, 0.25) is 5.02 Å². The van der Waals surface area contributed by atoms with E-state index in [1.54, 1.807) is 19.2 Å². The fourth-order valence-electron chi connectivity index (χ4n) is 3.42. The number of nitrogens with zero attached hydrogens (tertiary/aromatic N) is 1. The molecule has 1 saturated heterocycles. The highest BCUT2D eigenvalue weighted by atomic mass is 35.5. The molecule has 1 N–H and O–H groups in total. The van der Waals surface area contributed by atoms with Gasteiger partial charge in [-0.1, -0.05) is 17.7 Å². The maximum Gasteiger partial charge on any atom is 0.141 e. The van der Waals surface area contributed by atoms with Crippen LogP contribution in [0.25, 0.3) is 11.1 Å². The smallest absolute Gasteiger partial charge is 0.141 e. The monoisotopic (exact) mass is 362 g/mol. The summed E-state index contributed by atoms with van der Waals surface area (Å²) in [6.07, 6.45) is 3.65. The lowest BCUT2D eigenvalue weighted by Crippen LogP contribution is -2.27. The molecule has 1 heterocycles. The fourth-order valence-corrected chi connectivity index (χ4v) is 3.60. The van der Waals surface area contributed by atoms with Gasteiger partial charge in [-0.15, -0.1) is 0 Å². The average molecular weight is 363 g/mol. The number of likely N-dealkylation sites (tertiary alicyclic amines) is 1. The van der Waals surface area contributed by atoms with E-state index in [1.807, 2.05) is 18.2 Å². The summed E-state index contributed by atoms with van der Waals surface area (Å²) in [6, 6.07) is 11.3. The molecule has 1 atom stereocenters. The number of halogens is 2. The summed E-state index contributed by atoms with van der Waals surface area (Å²) < 4.78 is 18.8. The fraction of sp³-hybridized carbons (Fsp3) is 0.400. The maximum atomic E-state index is 13.5. The predicted molar refractivity (Wildman–Crippen MR) is 102 cm³/mol. The molecule has 1 fully saturated rings. The molecule has 2 aromatic carbocycles. The first-order chi connectivity index (χ1) is 12.1. The molecule has 0 aliphatic carbocycles. The summed E-state index contributed by atoms with van der Waals surface area (Å²) in [5.74, 6) is 0.351. The van der Waals surface area contributed by atoms with Crippen LogP contribution in [-0.2, 0) is 0 Å². The van der Waals surface area contributed by atoms with E-state index in [4.69, 9.17) is 16.3 Å². The van der Waals surface area contributed by atoms with Crippen LogP contribution in [-0.4, -0.2) is 38.2 Å². The van der Waals surface area contributed by atoms with Gasteiger partial charge in [0.2, 0.25) is 0 Å². The molecule has 3 rings (SSSR count). The number of nitrogens with one attached hydrogen (secondary N) is 1. The molecule has 3 nitrogen and oxygen atoms in total. The lowest BCUT2D eigenvalue weighted by Gasteiger charge is -2.20. The van der Waals surface area contributed by atoms with Crippen molar-refractivity contribution in [1.82, 2.24) is 4.90 Å². The van der Waals surface area contributed by atoms with Gasteiger partial charge in [0.15, 0.2) is 0 Å². The first-order valence-electron chi connectivity index (χ1n) is 8.66. The van der Waals surface area contributed by atoms with E-state index in [1.165, 1.54) is 25.5 Å². The van der Waals surface area contributed by atoms with Gasteiger partial charge in [-0.3, -0.25) is 0 Å². The second-order valence-electron chi connectivity index (χ2n) is 6.53. The lowest BCUT2D eigenvalue weighted by molar-refractivity contribution is 0.301. The zero-order valence-corrected chi connectivity index (χ0v) is 15.4. The molecule has 134 valence electrons. The molecule has 2 aromatic rings. The van der Waals surface area contributed by atoms with Crippen LogP contribution in [0.4, 0.5) is 10.1 Å². The molecular weight excluding hydrogens is 339 g/mol. The highest BCUT2D eigenvalue weighted by Gasteiger charge is 2.20. The maximum absolute atomic E-state index is 13.5. The van der Waals surface area contributed by atoms with Crippen LogP contribution < -0.4 is 10.1 Å². The van der Waals surface area contributed by atoms with Crippen LogP contribution in [0, 0.1) is 5.82 Å². The number of rotatable bonds is 6. The number of methoxy groups -OCH3 is 1. The minimum atomic E-state index is -0.410. The molecule has 0 amide bonds. The van der Waals surface area contributed by atoms with E-state index >= 15 is 0 Å². The largest absolute Gasteiger partial charge is 0.497 e. The minimum Gasteiger partial charge on any atom is -0.497 e. The second-order valence-corrected chi connectivity index (χ2v) is 6.94. The molecule has 0 aromatic heterocycles. The van der Waals surface area contributed by atoms with E-state index in [0.29, 0.717) is 6.04 Å². The molecule has 0 spiro atoms. The Morgan fingerprint density at radius 3 is 2.80 bits per heavy atom. The number of hydrogen-bond donors (Lipinski definition) is 1. The summed E-state index contributed by atoms with van der Waals surface area (Å²) in [7, 11) is 3.83. The van der Waals surface area contributed by atoms with Gasteiger partial charge in [0.05, 0.1) is 12.1 Å².